The molecule has 0 unspecified atom stereocenters. The molecular weight excluding hydrogens is 347 g/mol. The van der Waals surface area contributed by atoms with Gasteiger partial charge in [-0.2, -0.15) is 0 Å². The first kappa shape index (κ1) is 15.5. The standard InChI is InChI=1S/C18H14Cl2N2O2/c19-14-6-3-7-15(20)12(14)10-22-16(23)18(21-17(22)24)9-8-11-4-1-2-5-13(11)18/h1-7H,8-10H2,(H,21,24)/t18-/m1/s1. The fourth-order valence-electron chi connectivity index (χ4n) is 3.57. The van der Waals surface area contributed by atoms with Crippen LogP contribution in [-0.4, -0.2) is 16.8 Å². The second-order valence-electron chi connectivity index (χ2n) is 6.08. The lowest BCUT2D eigenvalue weighted by atomic mass is 9.92. The van der Waals surface area contributed by atoms with Crippen molar-refractivity contribution >= 4 is 35.1 Å². The van der Waals surface area contributed by atoms with E-state index in [-0.39, 0.29) is 12.5 Å². The number of halogens is 2. The third kappa shape index (κ3) is 2.14. The second-order valence-corrected chi connectivity index (χ2v) is 6.90. The van der Waals surface area contributed by atoms with E-state index in [0.717, 1.165) is 17.5 Å². The Morgan fingerprint density at radius 1 is 1.04 bits per heavy atom. The van der Waals surface area contributed by atoms with Crippen LogP contribution < -0.4 is 5.32 Å². The molecule has 2 aromatic carbocycles. The number of nitrogens with one attached hydrogen (secondary N) is 1. The van der Waals surface area contributed by atoms with E-state index in [1.807, 2.05) is 24.3 Å². The zero-order chi connectivity index (χ0) is 16.9. The number of hydrogen-bond acceptors (Lipinski definition) is 2. The van der Waals surface area contributed by atoms with Crippen molar-refractivity contribution in [2.24, 2.45) is 0 Å². The summed E-state index contributed by atoms with van der Waals surface area (Å²) in [5.74, 6) is -0.242. The number of urea groups is 1. The van der Waals surface area contributed by atoms with Crippen LogP contribution in [0.15, 0.2) is 42.5 Å². The molecule has 0 aromatic heterocycles. The van der Waals surface area contributed by atoms with Gasteiger partial charge in [0.1, 0.15) is 5.54 Å². The van der Waals surface area contributed by atoms with Crippen molar-refractivity contribution in [1.29, 1.82) is 0 Å². The minimum Gasteiger partial charge on any atom is -0.319 e. The highest BCUT2D eigenvalue weighted by atomic mass is 35.5. The van der Waals surface area contributed by atoms with Gasteiger partial charge < -0.3 is 5.32 Å². The highest BCUT2D eigenvalue weighted by molar-refractivity contribution is 6.36. The fraction of sp³-hybridized carbons (Fsp3) is 0.222. The minimum absolute atomic E-state index is 0.0626. The van der Waals surface area contributed by atoms with Crippen LogP contribution in [-0.2, 0) is 23.3 Å². The number of hydrogen-bond donors (Lipinski definition) is 1. The Balaban J connectivity index is 1.71. The number of carbonyl (C=O) groups is 2. The van der Waals surface area contributed by atoms with E-state index in [9.17, 15) is 9.59 Å². The number of amides is 3. The highest BCUT2D eigenvalue weighted by Gasteiger charge is 2.55. The van der Waals surface area contributed by atoms with E-state index in [4.69, 9.17) is 23.2 Å². The normalized spacial score (nSPS) is 22.2. The summed E-state index contributed by atoms with van der Waals surface area (Å²) in [5, 5.41) is 3.78. The fourth-order valence-corrected chi connectivity index (χ4v) is 4.09. The summed E-state index contributed by atoms with van der Waals surface area (Å²) in [6, 6.07) is 12.5. The van der Waals surface area contributed by atoms with Crippen molar-refractivity contribution in [2.45, 2.75) is 24.9 Å². The average molecular weight is 361 g/mol. The molecule has 0 saturated carbocycles. The maximum atomic E-state index is 13.1. The van der Waals surface area contributed by atoms with Crippen LogP contribution in [0.2, 0.25) is 10.0 Å². The number of aryl methyl sites for hydroxylation is 1. The summed E-state index contributed by atoms with van der Waals surface area (Å²) in [7, 11) is 0. The van der Waals surface area contributed by atoms with Gasteiger partial charge in [-0.25, -0.2) is 4.79 Å². The lowest BCUT2D eigenvalue weighted by Gasteiger charge is -2.22. The molecule has 4 rings (SSSR count). The molecule has 2 aromatic rings. The number of rotatable bonds is 2. The Morgan fingerprint density at radius 3 is 2.50 bits per heavy atom. The molecular formula is C18H14Cl2N2O2. The lowest BCUT2D eigenvalue weighted by Crippen LogP contribution is -2.41. The molecule has 0 bridgehead atoms. The first-order chi connectivity index (χ1) is 11.5. The predicted molar refractivity (Wildman–Crippen MR) is 92.0 cm³/mol. The van der Waals surface area contributed by atoms with Gasteiger partial charge in [0, 0.05) is 15.6 Å². The summed E-state index contributed by atoms with van der Waals surface area (Å²) < 4.78 is 0. The Morgan fingerprint density at radius 2 is 1.75 bits per heavy atom. The monoisotopic (exact) mass is 360 g/mol. The van der Waals surface area contributed by atoms with Gasteiger partial charge >= 0.3 is 6.03 Å². The average Bonchev–Trinajstić information content (AvgIpc) is 3.04. The summed E-state index contributed by atoms with van der Waals surface area (Å²) in [6.07, 6.45) is 1.34. The van der Waals surface area contributed by atoms with Gasteiger partial charge in [-0.15, -0.1) is 0 Å². The minimum atomic E-state index is -0.957. The molecule has 4 nitrogen and oxygen atoms in total. The van der Waals surface area contributed by atoms with Crippen LogP contribution in [0, 0.1) is 0 Å². The van der Waals surface area contributed by atoms with Gasteiger partial charge in [0.05, 0.1) is 6.54 Å². The van der Waals surface area contributed by atoms with Crippen molar-refractivity contribution in [3.63, 3.8) is 0 Å². The molecule has 1 aliphatic carbocycles. The molecule has 1 fully saturated rings. The zero-order valence-corrected chi connectivity index (χ0v) is 14.2. The molecule has 1 atom stereocenters. The van der Waals surface area contributed by atoms with Crippen molar-refractivity contribution in [2.75, 3.05) is 0 Å². The van der Waals surface area contributed by atoms with Gasteiger partial charge in [-0.1, -0.05) is 53.5 Å². The SMILES string of the molecule is O=C1N[C@@]2(CCc3ccccc32)C(=O)N1Cc1c(Cl)cccc1Cl. The molecule has 0 radical (unpaired) electrons. The summed E-state index contributed by atoms with van der Waals surface area (Å²) >= 11 is 12.4. The van der Waals surface area contributed by atoms with Gasteiger partial charge in [0.15, 0.2) is 0 Å². The molecule has 1 N–H and O–H groups in total. The third-order valence-corrected chi connectivity index (χ3v) is 5.51. The van der Waals surface area contributed by atoms with Crippen molar-refractivity contribution in [3.8, 4) is 0 Å². The van der Waals surface area contributed by atoms with E-state index >= 15 is 0 Å². The van der Waals surface area contributed by atoms with E-state index < -0.39 is 11.6 Å². The summed E-state index contributed by atoms with van der Waals surface area (Å²) in [6.45, 7) is 0.0626. The second kappa shape index (κ2) is 5.50. The molecule has 1 saturated heterocycles. The largest absolute Gasteiger partial charge is 0.325 e. The molecule has 1 spiro atoms. The van der Waals surface area contributed by atoms with Gasteiger partial charge in [0.25, 0.3) is 5.91 Å². The van der Waals surface area contributed by atoms with Gasteiger partial charge in [-0.05, 0) is 36.1 Å². The number of fused-ring (bicyclic) bond motifs is 2. The van der Waals surface area contributed by atoms with Crippen LogP contribution >= 0.6 is 23.2 Å². The Bertz CT molecular complexity index is 848. The van der Waals surface area contributed by atoms with Gasteiger partial charge in [-0.3, -0.25) is 9.69 Å². The first-order valence-corrected chi connectivity index (χ1v) is 8.44. The van der Waals surface area contributed by atoms with Crippen molar-refractivity contribution in [3.05, 3.63) is 69.2 Å². The predicted octanol–water partition coefficient (Wildman–Crippen LogP) is 3.89. The Labute approximate surface area is 149 Å². The number of benzene rings is 2. The summed E-state index contributed by atoms with van der Waals surface area (Å²) in [5.41, 5.74) is 1.61. The Kier molecular flexibility index (Phi) is 3.55. The van der Waals surface area contributed by atoms with Crippen LogP contribution in [0.3, 0.4) is 0 Å². The topological polar surface area (TPSA) is 49.4 Å². The molecule has 6 heteroatoms. The van der Waals surface area contributed by atoms with Crippen LogP contribution in [0.4, 0.5) is 4.79 Å². The van der Waals surface area contributed by atoms with Crippen molar-refractivity contribution < 1.29 is 9.59 Å². The van der Waals surface area contributed by atoms with E-state index in [0.29, 0.717) is 22.0 Å². The molecule has 1 aliphatic heterocycles. The lowest BCUT2D eigenvalue weighted by molar-refractivity contribution is -0.132. The van der Waals surface area contributed by atoms with E-state index in [1.54, 1.807) is 18.2 Å². The van der Waals surface area contributed by atoms with Gasteiger partial charge in [0.2, 0.25) is 0 Å². The number of carbonyl (C=O) groups excluding carboxylic acids is 2. The van der Waals surface area contributed by atoms with E-state index in [2.05, 4.69) is 5.32 Å². The zero-order valence-electron chi connectivity index (χ0n) is 12.7. The third-order valence-electron chi connectivity index (χ3n) is 4.80. The van der Waals surface area contributed by atoms with Crippen LogP contribution in [0.5, 0.6) is 0 Å². The van der Waals surface area contributed by atoms with Crippen LogP contribution in [0.1, 0.15) is 23.1 Å². The Hall–Kier alpha value is -2.04. The molecule has 1 heterocycles. The van der Waals surface area contributed by atoms with E-state index in [1.165, 1.54) is 4.90 Å². The molecule has 122 valence electrons. The molecule has 3 amide bonds. The quantitative estimate of drug-likeness (QED) is 0.826. The first-order valence-electron chi connectivity index (χ1n) is 7.68. The number of nitrogens with zero attached hydrogens (tertiary/aromatic N) is 1. The maximum absolute atomic E-state index is 13.1. The molecule has 2 aliphatic rings. The smallest absolute Gasteiger partial charge is 0.319 e. The molecule has 24 heavy (non-hydrogen) atoms. The summed E-state index contributed by atoms with van der Waals surface area (Å²) in [4.78, 5) is 26.8. The van der Waals surface area contributed by atoms with Crippen molar-refractivity contribution in [1.82, 2.24) is 10.2 Å². The van der Waals surface area contributed by atoms with Crippen LogP contribution in [0.25, 0.3) is 0 Å². The number of imide groups is 1. The maximum Gasteiger partial charge on any atom is 0.325 e. The highest BCUT2D eigenvalue weighted by Crippen LogP contribution is 2.42.